The Bertz CT molecular complexity index is 2440. The smallest absolute Gasteiger partial charge is 0.335 e. The number of rotatable bonds is 15. The number of aldehydes is 1. The van der Waals surface area contributed by atoms with Gasteiger partial charge in [0.05, 0.1) is 49.5 Å². The summed E-state index contributed by atoms with van der Waals surface area (Å²) in [5.74, 6) is -3.15. The van der Waals surface area contributed by atoms with Gasteiger partial charge in [-0.3, -0.25) is 0 Å². The van der Waals surface area contributed by atoms with E-state index in [1.165, 1.54) is 0 Å². The minimum absolute atomic E-state index is 0.103. The number of carbonyl (C=O) groups is 3. The summed E-state index contributed by atoms with van der Waals surface area (Å²) in [4.78, 5) is 40.7. The Morgan fingerprint density at radius 1 is 0.655 bits per heavy atom. The van der Waals surface area contributed by atoms with Crippen LogP contribution in [0.3, 0.4) is 0 Å². The van der Waals surface area contributed by atoms with Gasteiger partial charge in [0.2, 0.25) is 0 Å². The Labute approximate surface area is 487 Å². The number of allylic oxidation sites excluding steroid dienone is 3. The van der Waals surface area contributed by atoms with Crippen molar-refractivity contribution in [3.8, 4) is 0 Å². The standard InChI is InChI=1S/C58H90O26/c1-9-24(2)48(75)79-34-18-53(3,4)16-26-25-10-11-31-54(5)14-13-33(55(6,22-61)30(54)12-15-56(31,7)57(25,8)17-32(64)58(26,34)23-62)80-52-46(84-50-41(71)39(69)37(67)29(20-60)78-50)43(42(72)44(82-52)47(73)74)81-51-45(35(65)27(63)21-76-51)83-49-40(70)38(68)36(66)28(19-59)77-49/h9-10,22,26-46,49-52,59-60,62-72H,11-21,23H2,1-8H3,(H,73,74)/b24-9-/t26-,27-,28+,29+,30+,31+,32+,33-,34-,35-,36+,37-,38-,39-,40+,41+,42-,43-,44-,45+,46+,49-,50-,51-,52+,54-,55-,56+,57+,58-/m0/s1. The van der Waals surface area contributed by atoms with E-state index < -0.39 is 206 Å². The van der Waals surface area contributed by atoms with Gasteiger partial charge in [0.15, 0.2) is 31.3 Å². The average Bonchev–Trinajstić information content (AvgIpc) is 0.764. The normalized spacial score (nSPS) is 52.1. The Morgan fingerprint density at radius 2 is 1.25 bits per heavy atom. The molecule has 9 aliphatic rings. The van der Waals surface area contributed by atoms with Crippen LogP contribution in [0.15, 0.2) is 23.3 Å². The molecule has 0 aromatic heterocycles. The first-order valence-electron chi connectivity index (χ1n) is 29.4. The van der Waals surface area contributed by atoms with Gasteiger partial charge in [-0.2, -0.15) is 0 Å². The molecule has 26 nitrogen and oxygen atoms in total. The third kappa shape index (κ3) is 10.7. The molecule has 0 spiro atoms. The highest BCUT2D eigenvalue weighted by molar-refractivity contribution is 5.87. The zero-order valence-corrected chi connectivity index (χ0v) is 48.8. The van der Waals surface area contributed by atoms with E-state index in [-0.39, 0.29) is 30.1 Å². The van der Waals surface area contributed by atoms with Crippen LogP contribution in [0.2, 0.25) is 0 Å². The third-order valence-corrected chi connectivity index (χ3v) is 22.1. The van der Waals surface area contributed by atoms with Gasteiger partial charge < -0.3 is 119 Å². The number of aliphatic hydroxyl groups is 13. The van der Waals surface area contributed by atoms with Crippen LogP contribution in [-0.4, -0.2) is 251 Å². The average molecular weight is 1200 g/mol. The van der Waals surface area contributed by atoms with Crippen molar-refractivity contribution in [3.05, 3.63) is 23.3 Å². The summed E-state index contributed by atoms with van der Waals surface area (Å²) in [6.07, 6.45) is -32.0. The van der Waals surface area contributed by atoms with Gasteiger partial charge in [-0.15, -0.1) is 0 Å². The molecule has 4 heterocycles. The van der Waals surface area contributed by atoms with Gasteiger partial charge in [0, 0.05) is 5.57 Å². The van der Waals surface area contributed by atoms with Crippen molar-refractivity contribution in [1.29, 1.82) is 0 Å². The Kier molecular flexibility index (Phi) is 18.9. The molecule has 26 heteroatoms. The second-order valence-corrected chi connectivity index (χ2v) is 27.1. The van der Waals surface area contributed by atoms with E-state index in [1.54, 1.807) is 26.8 Å². The lowest BCUT2D eigenvalue weighted by Gasteiger charge is -2.72. The van der Waals surface area contributed by atoms with Crippen LogP contribution in [0.1, 0.15) is 107 Å². The van der Waals surface area contributed by atoms with E-state index in [4.69, 9.17) is 42.6 Å². The number of aliphatic hydroxyl groups excluding tert-OH is 13. The maximum atomic E-state index is 14.2. The van der Waals surface area contributed by atoms with Crippen LogP contribution >= 0.6 is 0 Å². The molecule has 9 rings (SSSR count). The molecule has 30 atom stereocenters. The summed E-state index contributed by atoms with van der Waals surface area (Å²) in [5, 5.41) is 154. The molecule has 0 aromatic rings. The zero-order chi connectivity index (χ0) is 61.7. The van der Waals surface area contributed by atoms with Gasteiger partial charge in [-0.1, -0.05) is 59.3 Å². The van der Waals surface area contributed by atoms with Crippen molar-refractivity contribution in [2.75, 3.05) is 26.4 Å². The number of aliphatic carboxylic acids is 1. The third-order valence-electron chi connectivity index (χ3n) is 22.1. The van der Waals surface area contributed by atoms with E-state index >= 15 is 0 Å². The summed E-state index contributed by atoms with van der Waals surface area (Å²) in [6, 6.07) is 0. The molecule has 5 aliphatic carbocycles. The lowest BCUT2D eigenvalue weighted by atomic mass is 9.33. The lowest BCUT2D eigenvalue weighted by Crippen LogP contribution is -2.70. The van der Waals surface area contributed by atoms with E-state index in [2.05, 4.69) is 40.7 Å². The van der Waals surface area contributed by atoms with E-state index in [0.717, 1.165) is 11.9 Å². The second kappa shape index (κ2) is 24.2. The van der Waals surface area contributed by atoms with Crippen molar-refractivity contribution >= 4 is 18.2 Å². The first-order valence-corrected chi connectivity index (χ1v) is 29.4. The maximum Gasteiger partial charge on any atom is 0.335 e. The predicted octanol–water partition coefficient (Wildman–Crippen LogP) is -2.19. The lowest BCUT2D eigenvalue weighted by molar-refractivity contribution is -0.400. The number of carbonyl (C=O) groups excluding carboxylic acids is 2. The van der Waals surface area contributed by atoms with Gasteiger partial charge >= 0.3 is 11.9 Å². The number of hydrogen-bond donors (Lipinski definition) is 14. The topological polar surface area (TPSA) is 418 Å². The molecular formula is C58H90O26. The summed E-state index contributed by atoms with van der Waals surface area (Å²) in [7, 11) is 0. The molecule has 84 heavy (non-hydrogen) atoms. The first kappa shape index (κ1) is 65.7. The van der Waals surface area contributed by atoms with Crippen LogP contribution in [0.4, 0.5) is 0 Å². The molecule has 478 valence electrons. The molecule has 0 aromatic carbocycles. The predicted molar refractivity (Wildman–Crippen MR) is 284 cm³/mol. The SMILES string of the molecule is C/C=C(/C)C(=O)O[C@H]1CC(C)(C)C[C@H]2C3=CC[C@@H]4[C@@]5(C)CC[C@H](O[C@@H]6O[C@H](C(=O)O)[C@@H](O)[C@H](O[C@@H]7OC[C@H](O)[C@H](O)[C@H]7O[C@@H]7O[C@H](CO)[C@@H](O)[C@H](O)[C@H]7O)[C@H]6O[C@@H]6O[C@H](CO)[C@H](O)[C@H](O)[C@H]6O)[C@@](C)(C=O)[C@@H]5CC[C@@]4(C)[C@]3(C)C[C@@H](O)[C@@]12CO. The van der Waals surface area contributed by atoms with Crippen molar-refractivity contribution in [3.63, 3.8) is 0 Å². The summed E-state index contributed by atoms with van der Waals surface area (Å²) < 4.78 is 54.6. The highest BCUT2D eigenvalue weighted by Gasteiger charge is 2.73. The fraction of sp³-hybridized carbons (Fsp3) is 0.879. The summed E-state index contributed by atoms with van der Waals surface area (Å²) in [6.45, 7) is 13.1. The number of carboxylic acid groups (broad SMARTS) is 1. The highest BCUT2D eigenvalue weighted by Crippen LogP contribution is 2.76. The molecule has 0 amide bonds. The van der Waals surface area contributed by atoms with Gasteiger partial charge in [-0.25, -0.2) is 9.59 Å². The quantitative estimate of drug-likeness (QED) is 0.0272. The molecule has 4 aliphatic heterocycles. The largest absolute Gasteiger partial charge is 0.479 e. The Morgan fingerprint density at radius 3 is 1.81 bits per heavy atom. The maximum absolute atomic E-state index is 14.2. The number of carboxylic acids is 1. The van der Waals surface area contributed by atoms with Gasteiger partial charge in [0.1, 0.15) is 97.8 Å². The minimum Gasteiger partial charge on any atom is -0.479 e. The number of hydrogen-bond acceptors (Lipinski definition) is 25. The number of ether oxygens (including phenoxy) is 9. The monoisotopic (exact) mass is 1200 g/mol. The van der Waals surface area contributed by atoms with E-state index in [1.807, 2.05) is 0 Å². The van der Waals surface area contributed by atoms with E-state index in [9.17, 15) is 85.9 Å². The number of esters is 1. The molecule has 0 unspecified atom stereocenters. The zero-order valence-electron chi connectivity index (χ0n) is 48.8. The fourth-order valence-electron chi connectivity index (χ4n) is 16.9. The van der Waals surface area contributed by atoms with E-state index in [0.29, 0.717) is 44.1 Å². The van der Waals surface area contributed by atoms with Crippen molar-refractivity contribution in [2.45, 2.75) is 242 Å². The fourth-order valence-corrected chi connectivity index (χ4v) is 16.9. The van der Waals surface area contributed by atoms with Crippen LogP contribution in [-0.2, 0) is 57.0 Å². The first-order chi connectivity index (χ1) is 39.4. The van der Waals surface area contributed by atoms with Crippen molar-refractivity contribution in [2.24, 2.45) is 50.2 Å². The van der Waals surface area contributed by atoms with Crippen molar-refractivity contribution < 1.29 is 129 Å². The Balaban J connectivity index is 1.05. The second-order valence-electron chi connectivity index (χ2n) is 27.1. The van der Waals surface area contributed by atoms with Crippen molar-refractivity contribution in [1.82, 2.24) is 0 Å². The Hall–Kier alpha value is -2.75. The molecule has 4 saturated heterocycles. The van der Waals surface area contributed by atoms with Crippen LogP contribution < -0.4 is 0 Å². The summed E-state index contributed by atoms with van der Waals surface area (Å²) in [5.41, 5.74) is -3.14. The molecule has 0 bridgehead atoms. The summed E-state index contributed by atoms with van der Waals surface area (Å²) >= 11 is 0. The number of fused-ring (bicyclic) bond motifs is 7. The minimum atomic E-state index is -2.30. The van der Waals surface area contributed by atoms with Crippen LogP contribution in [0.25, 0.3) is 0 Å². The molecular weight excluding hydrogens is 1110 g/mol. The van der Waals surface area contributed by atoms with Gasteiger partial charge in [-0.05, 0) is 105 Å². The highest BCUT2D eigenvalue weighted by atomic mass is 16.8. The van der Waals surface area contributed by atoms with Gasteiger partial charge in [0.25, 0.3) is 0 Å². The molecule has 0 radical (unpaired) electrons. The van der Waals surface area contributed by atoms with Crippen LogP contribution in [0.5, 0.6) is 0 Å². The molecule has 4 saturated carbocycles. The van der Waals surface area contributed by atoms with Crippen LogP contribution in [0, 0.1) is 50.2 Å². The molecule has 8 fully saturated rings. The molecule has 14 N–H and O–H groups in total.